The van der Waals surface area contributed by atoms with Gasteiger partial charge in [-0.05, 0) is 44.6 Å². The van der Waals surface area contributed by atoms with Gasteiger partial charge in [-0.1, -0.05) is 11.6 Å². The van der Waals surface area contributed by atoms with Crippen LogP contribution in [0.4, 0.5) is 5.95 Å². The molecule has 1 aliphatic heterocycles. The van der Waals surface area contributed by atoms with E-state index in [2.05, 4.69) is 25.9 Å². The maximum absolute atomic E-state index is 9.17. The van der Waals surface area contributed by atoms with Crippen molar-refractivity contribution < 1.29 is 9.47 Å². The van der Waals surface area contributed by atoms with Gasteiger partial charge in [0.15, 0.2) is 0 Å². The van der Waals surface area contributed by atoms with E-state index < -0.39 is 0 Å². The Bertz CT molecular complexity index is 841. The number of halogens is 1. The van der Waals surface area contributed by atoms with Crippen LogP contribution in [0.3, 0.4) is 0 Å². The molecule has 0 spiro atoms. The highest BCUT2D eigenvalue weighted by Gasteiger charge is 2.28. The Labute approximate surface area is 175 Å². The summed E-state index contributed by atoms with van der Waals surface area (Å²) in [5, 5.41) is 9.72. The van der Waals surface area contributed by atoms with Gasteiger partial charge in [-0.25, -0.2) is 9.97 Å². The molecule has 0 unspecified atom stereocenters. The third-order valence-electron chi connectivity index (χ3n) is 5.53. The van der Waals surface area contributed by atoms with E-state index >= 15 is 0 Å². The lowest BCUT2D eigenvalue weighted by Crippen LogP contribution is -2.40. The van der Waals surface area contributed by atoms with E-state index in [-0.39, 0.29) is 18.3 Å². The second-order valence-corrected chi connectivity index (χ2v) is 7.96. The highest BCUT2D eigenvalue weighted by Crippen LogP contribution is 2.29. The third kappa shape index (κ3) is 5.14. The van der Waals surface area contributed by atoms with Crippen LogP contribution in [-0.4, -0.2) is 46.4 Å². The Morgan fingerprint density at radius 3 is 2.31 bits per heavy atom. The van der Waals surface area contributed by atoms with Gasteiger partial charge in [0.05, 0.1) is 35.7 Å². The first kappa shape index (κ1) is 19.9. The van der Waals surface area contributed by atoms with Crippen LogP contribution in [0, 0.1) is 11.3 Å². The molecule has 1 saturated carbocycles. The molecule has 29 heavy (non-hydrogen) atoms. The van der Waals surface area contributed by atoms with Crippen LogP contribution in [0.25, 0.3) is 0 Å². The maximum Gasteiger partial charge on any atom is 0.225 e. The number of hydrogen-bond donors (Lipinski definition) is 0. The molecule has 152 valence electrons. The molecule has 2 aromatic rings. The van der Waals surface area contributed by atoms with Gasteiger partial charge in [0.25, 0.3) is 0 Å². The number of nitrogens with zero attached hydrogens (tertiary/aromatic N) is 5. The first-order chi connectivity index (χ1) is 14.2. The molecule has 4 rings (SSSR count). The summed E-state index contributed by atoms with van der Waals surface area (Å²) in [6.45, 7) is 1.79. The number of piperidine rings is 1. The molecule has 7 nitrogen and oxygen atoms in total. The van der Waals surface area contributed by atoms with Crippen molar-refractivity contribution in [2.45, 2.75) is 56.8 Å². The fourth-order valence-corrected chi connectivity index (χ4v) is 4.06. The lowest BCUT2D eigenvalue weighted by Gasteiger charge is -2.36. The molecule has 3 heterocycles. The zero-order valence-corrected chi connectivity index (χ0v) is 17.0. The summed E-state index contributed by atoms with van der Waals surface area (Å²) in [5.74, 6) is 1.36. The molecule has 0 N–H and O–H groups in total. The van der Waals surface area contributed by atoms with Gasteiger partial charge in [0, 0.05) is 25.5 Å². The number of hydrogen-bond acceptors (Lipinski definition) is 7. The van der Waals surface area contributed by atoms with E-state index in [1.165, 1.54) is 0 Å². The smallest absolute Gasteiger partial charge is 0.225 e. The van der Waals surface area contributed by atoms with Gasteiger partial charge in [0.1, 0.15) is 17.4 Å². The second kappa shape index (κ2) is 9.38. The summed E-state index contributed by atoms with van der Waals surface area (Å²) in [5.41, 5.74) is 0.488. The summed E-state index contributed by atoms with van der Waals surface area (Å²) in [6, 6.07) is 3.90. The molecule has 0 aromatic carbocycles. The summed E-state index contributed by atoms with van der Waals surface area (Å²) in [6.07, 6.45) is 13.0. The Morgan fingerprint density at radius 2 is 1.62 bits per heavy atom. The number of aromatic nitrogens is 3. The Morgan fingerprint density at radius 1 is 0.966 bits per heavy atom. The molecular weight excluding hydrogens is 390 g/mol. The lowest BCUT2D eigenvalue weighted by atomic mass is 9.94. The number of rotatable bonds is 5. The minimum absolute atomic E-state index is 0.133. The van der Waals surface area contributed by atoms with E-state index in [4.69, 9.17) is 26.3 Å². The van der Waals surface area contributed by atoms with Crippen LogP contribution >= 0.6 is 11.6 Å². The monoisotopic (exact) mass is 413 g/mol. The quantitative estimate of drug-likeness (QED) is 0.737. The second-order valence-electron chi connectivity index (χ2n) is 7.52. The van der Waals surface area contributed by atoms with Crippen LogP contribution in [0.1, 0.15) is 44.1 Å². The standard InChI is InChI=1S/C21H24ClN5O2/c22-16-13-25-21(26-14-16)27-9-6-19(7-10-27)28-17-1-3-18(4-2-17)29-20-5-8-24-12-15(20)11-23/h5,8,12-14,17-19H,1-4,6-7,9-10H2. The van der Waals surface area contributed by atoms with Crippen molar-refractivity contribution >= 4 is 17.5 Å². The summed E-state index contributed by atoms with van der Waals surface area (Å²) in [4.78, 5) is 14.8. The highest BCUT2D eigenvalue weighted by molar-refractivity contribution is 6.30. The van der Waals surface area contributed by atoms with Gasteiger partial charge in [-0.15, -0.1) is 0 Å². The Kier molecular flexibility index (Phi) is 6.43. The van der Waals surface area contributed by atoms with Crippen LogP contribution < -0.4 is 9.64 Å². The van der Waals surface area contributed by atoms with Crippen LogP contribution in [-0.2, 0) is 4.74 Å². The minimum Gasteiger partial charge on any atom is -0.489 e. The molecule has 1 aliphatic carbocycles. The first-order valence-corrected chi connectivity index (χ1v) is 10.5. The van der Waals surface area contributed by atoms with Crippen LogP contribution in [0.2, 0.25) is 5.02 Å². The SMILES string of the molecule is N#Cc1cnccc1OC1CCC(OC2CCN(c3ncc(Cl)cn3)CC2)CC1. The predicted molar refractivity (Wildman–Crippen MR) is 109 cm³/mol. The summed E-state index contributed by atoms with van der Waals surface area (Å²) < 4.78 is 12.4. The van der Waals surface area contributed by atoms with Crippen molar-refractivity contribution in [3.05, 3.63) is 41.4 Å². The highest BCUT2D eigenvalue weighted by atomic mass is 35.5. The minimum atomic E-state index is 0.133. The molecule has 2 aliphatic rings. The topological polar surface area (TPSA) is 84.2 Å². The number of pyridine rings is 1. The average molecular weight is 414 g/mol. The molecule has 8 heteroatoms. The van der Waals surface area contributed by atoms with Gasteiger partial charge in [-0.2, -0.15) is 5.26 Å². The van der Waals surface area contributed by atoms with Crippen LogP contribution in [0.15, 0.2) is 30.9 Å². The number of ether oxygens (including phenoxy) is 2. The molecule has 1 saturated heterocycles. The maximum atomic E-state index is 9.17. The molecule has 2 fully saturated rings. The summed E-state index contributed by atoms with van der Waals surface area (Å²) in [7, 11) is 0. The van der Waals surface area contributed by atoms with E-state index in [1.807, 2.05) is 0 Å². The summed E-state index contributed by atoms with van der Waals surface area (Å²) >= 11 is 5.86. The third-order valence-corrected chi connectivity index (χ3v) is 5.73. The van der Waals surface area contributed by atoms with E-state index in [9.17, 15) is 0 Å². The molecular formula is C21H24ClN5O2. The first-order valence-electron chi connectivity index (χ1n) is 10.1. The lowest BCUT2D eigenvalue weighted by molar-refractivity contribution is -0.0528. The van der Waals surface area contributed by atoms with E-state index in [1.54, 1.807) is 30.9 Å². The normalized spacial score (nSPS) is 22.8. The van der Waals surface area contributed by atoms with Crippen molar-refractivity contribution in [1.29, 1.82) is 5.26 Å². The average Bonchev–Trinajstić information content (AvgIpc) is 2.77. The molecule has 0 bridgehead atoms. The molecule has 2 aromatic heterocycles. The molecule has 0 atom stereocenters. The van der Waals surface area contributed by atoms with Crippen molar-refractivity contribution in [3.63, 3.8) is 0 Å². The predicted octanol–water partition coefficient (Wildman–Crippen LogP) is 3.77. The number of nitriles is 1. The molecule has 0 radical (unpaired) electrons. The van der Waals surface area contributed by atoms with Crippen LogP contribution in [0.5, 0.6) is 5.75 Å². The number of anilines is 1. The largest absolute Gasteiger partial charge is 0.489 e. The van der Waals surface area contributed by atoms with E-state index in [0.29, 0.717) is 16.3 Å². The van der Waals surface area contributed by atoms with Crippen molar-refractivity contribution in [1.82, 2.24) is 15.0 Å². The van der Waals surface area contributed by atoms with Gasteiger partial charge in [0.2, 0.25) is 5.95 Å². The zero-order chi connectivity index (χ0) is 20.1. The van der Waals surface area contributed by atoms with E-state index in [0.717, 1.165) is 57.6 Å². The Hall–Kier alpha value is -2.43. The van der Waals surface area contributed by atoms with Gasteiger partial charge >= 0.3 is 0 Å². The van der Waals surface area contributed by atoms with Gasteiger partial charge < -0.3 is 14.4 Å². The van der Waals surface area contributed by atoms with Crippen molar-refractivity contribution in [3.8, 4) is 11.8 Å². The van der Waals surface area contributed by atoms with Crippen molar-refractivity contribution in [2.75, 3.05) is 18.0 Å². The fourth-order valence-electron chi connectivity index (χ4n) is 3.97. The van der Waals surface area contributed by atoms with Gasteiger partial charge in [-0.3, -0.25) is 4.98 Å². The van der Waals surface area contributed by atoms with Crippen molar-refractivity contribution in [2.24, 2.45) is 0 Å². The molecule has 0 amide bonds. The zero-order valence-electron chi connectivity index (χ0n) is 16.2. The Balaban J connectivity index is 1.20. The fraction of sp³-hybridized carbons (Fsp3) is 0.524.